The summed E-state index contributed by atoms with van der Waals surface area (Å²) in [7, 11) is 1.93. The van der Waals surface area contributed by atoms with E-state index in [1.807, 2.05) is 13.3 Å². The molecule has 7 heteroatoms. The first kappa shape index (κ1) is 13.6. The van der Waals surface area contributed by atoms with E-state index in [9.17, 15) is 5.11 Å². The zero-order valence-electron chi connectivity index (χ0n) is 9.97. The van der Waals surface area contributed by atoms with Gasteiger partial charge in [-0.25, -0.2) is 0 Å². The van der Waals surface area contributed by atoms with Gasteiger partial charge in [0.2, 0.25) is 0 Å². The second-order valence-electron chi connectivity index (χ2n) is 4.17. The Bertz CT molecular complexity index is 363. The first-order valence-electron chi connectivity index (χ1n) is 5.54. The largest absolute Gasteiger partial charge is 0.394 e. The molecular formula is C10H17N3OS3. The fraction of sp³-hybridized carbons (Fsp3) is 0.800. The van der Waals surface area contributed by atoms with Crippen molar-refractivity contribution in [3.05, 3.63) is 0 Å². The molecule has 2 N–H and O–H groups in total. The molecule has 0 radical (unpaired) electrons. The van der Waals surface area contributed by atoms with Crippen molar-refractivity contribution in [2.24, 2.45) is 5.92 Å². The fourth-order valence-electron chi connectivity index (χ4n) is 1.81. The Kier molecular flexibility index (Phi) is 4.71. The van der Waals surface area contributed by atoms with Crippen LogP contribution in [0.15, 0.2) is 8.68 Å². The average molecular weight is 291 g/mol. The molecule has 1 atom stereocenters. The first-order chi connectivity index (χ1) is 8.24. The van der Waals surface area contributed by atoms with Crippen LogP contribution in [0.5, 0.6) is 0 Å². The molecule has 1 saturated carbocycles. The van der Waals surface area contributed by atoms with E-state index >= 15 is 0 Å². The summed E-state index contributed by atoms with van der Waals surface area (Å²) in [6.45, 7) is 0.190. The lowest BCUT2D eigenvalue weighted by atomic mass is 9.97. The van der Waals surface area contributed by atoms with Crippen molar-refractivity contribution in [3.8, 4) is 0 Å². The van der Waals surface area contributed by atoms with Gasteiger partial charge in [-0.15, -0.1) is 10.2 Å². The maximum absolute atomic E-state index is 9.60. The van der Waals surface area contributed by atoms with E-state index in [0.29, 0.717) is 5.92 Å². The van der Waals surface area contributed by atoms with Gasteiger partial charge in [0.25, 0.3) is 0 Å². The highest BCUT2D eigenvalue weighted by Crippen LogP contribution is 2.42. The smallest absolute Gasteiger partial charge is 0.175 e. The SMILES string of the molecule is CNC(CO)(CSc1nnc(SC)s1)C1CC1. The third-order valence-corrected chi connectivity index (χ3v) is 6.44. The van der Waals surface area contributed by atoms with Crippen molar-refractivity contribution in [2.75, 3.05) is 25.7 Å². The summed E-state index contributed by atoms with van der Waals surface area (Å²) in [4.78, 5) is 0. The third kappa shape index (κ3) is 3.14. The molecule has 1 unspecified atom stereocenters. The van der Waals surface area contributed by atoms with Gasteiger partial charge >= 0.3 is 0 Å². The summed E-state index contributed by atoms with van der Waals surface area (Å²) < 4.78 is 1.99. The molecule has 0 aliphatic heterocycles. The van der Waals surface area contributed by atoms with Crippen LogP contribution >= 0.6 is 34.9 Å². The number of hydrogen-bond donors (Lipinski definition) is 2. The van der Waals surface area contributed by atoms with Gasteiger partial charge in [0.15, 0.2) is 8.68 Å². The van der Waals surface area contributed by atoms with Gasteiger partial charge < -0.3 is 10.4 Å². The highest BCUT2D eigenvalue weighted by molar-refractivity contribution is 8.03. The molecule has 0 aromatic carbocycles. The van der Waals surface area contributed by atoms with Crippen LogP contribution in [-0.2, 0) is 0 Å². The van der Waals surface area contributed by atoms with Crippen LogP contribution in [0.3, 0.4) is 0 Å². The Balaban J connectivity index is 1.94. The molecule has 0 bridgehead atoms. The maximum Gasteiger partial charge on any atom is 0.175 e. The van der Waals surface area contributed by atoms with Gasteiger partial charge in [-0.05, 0) is 32.1 Å². The number of aliphatic hydroxyl groups excluding tert-OH is 1. The summed E-state index contributed by atoms with van der Waals surface area (Å²) in [5.74, 6) is 1.46. The number of aromatic nitrogens is 2. The minimum atomic E-state index is -0.143. The van der Waals surface area contributed by atoms with Gasteiger partial charge in [0.05, 0.1) is 12.1 Å². The van der Waals surface area contributed by atoms with Crippen molar-refractivity contribution < 1.29 is 5.11 Å². The van der Waals surface area contributed by atoms with Crippen LogP contribution in [0.25, 0.3) is 0 Å². The summed E-state index contributed by atoms with van der Waals surface area (Å²) in [5, 5.41) is 21.1. The predicted molar refractivity (Wildman–Crippen MR) is 74.0 cm³/mol. The van der Waals surface area contributed by atoms with Gasteiger partial charge in [0, 0.05) is 5.75 Å². The Hall–Kier alpha value is 0.180. The topological polar surface area (TPSA) is 58.0 Å². The van der Waals surface area contributed by atoms with Crippen molar-refractivity contribution in [2.45, 2.75) is 27.1 Å². The molecule has 1 aliphatic carbocycles. The molecule has 17 heavy (non-hydrogen) atoms. The molecule has 2 rings (SSSR count). The third-order valence-electron chi connectivity index (χ3n) is 3.15. The quantitative estimate of drug-likeness (QED) is 0.746. The zero-order valence-corrected chi connectivity index (χ0v) is 12.4. The Morgan fingerprint density at radius 2 is 2.18 bits per heavy atom. The molecular weight excluding hydrogens is 274 g/mol. The molecule has 0 spiro atoms. The summed E-state index contributed by atoms with van der Waals surface area (Å²) >= 11 is 4.93. The highest BCUT2D eigenvalue weighted by Gasteiger charge is 2.43. The van der Waals surface area contributed by atoms with Crippen molar-refractivity contribution in [1.82, 2.24) is 15.5 Å². The van der Waals surface area contributed by atoms with Crippen LogP contribution in [0, 0.1) is 5.92 Å². The minimum Gasteiger partial charge on any atom is -0.394 e. The Labute approximate surface area is 114 Å². The number of nitrogens with one attached hydrogen (secondary N) is 1. The average Bonchev–Trinajstić information content (AvgIpc) is 3.11. The lowest BCUT2D eigenvalue weighted by molar-refractivity contribution is 0.167. The van der Waals surface area contributed by atoms with Crippen LogP contribution in [0.4, 0.5) is 0 Å². The lowest BCUT2D eigenvalue weighted by Gasteiger charge is -2.31. The molecule has 0 saturated heterocycles. The number of nitrogens with zero attached hydrogens (tertiary/aromatic N) is 2. The van der Waals surface area contributed by atoms with Gasteiger partial charge in [-0.3, -0.25) is 0 Å². The second-order valence-corrected chi connectivity index (χ2v) is 7.42. The molecule has 4 nitrogen and oxygen atoms in total. The second kappa shape index (κ2) is 5.88. The van der Waals surface area contributed by atoms with Crippen LogP contribution < -0.4 is 5.32 Å². The van der Waals surface area contributed by atoms with Gasteiger partial charge in [-0.1, -0.05) is 34.9 Å². The van der Waals surface area contributed by atoms with Crippen LogP contribution in [-0.4, -0.2) is 46.5 Å². The monoisotopic (exact) mass is 291 g/mol. The highest BCUT2D eigenvalue weighted by atomic mass is 32.2. The standard InChI is InChI=1S/C10H17N3OS3/c1-11-10(5-14,7-3-4-7)6-16-9-13-12-8(15-2)17-9/h7,11,14H,3-6H2,1-2H3. The van der Waals surface area contributed by atoms with E-state index < -0.39 is 0 Å². The molecule has 1 heterocycles. The normalized spacial score (nSPS) is 19.2. The number of hydrogen-bond acceptors (Lipinski definition) is 7. The number of aliphatic hydroxyl groups is 1. The Morgan fingerprint density at radius 1 is 1.47 bits per heavy atom. The maximum atomic E-state index is 9.60. The first-order valence-corrected chi connectivity index (χ1v) is 8.57. The molecule has 1 fully saturated rings. The Morgan fingerprint density at radius 3 is 2.65 bits per heavy atom. The molecule has 1 aromatic heterocycles. The minimum absolute atomic E-state index is 0.143. The molecule has 1 aliphatic rings. The predicted octanol–water partition coefficient (Wildman–Crippen LogP) is 1.71. The van der Waals surface area contributed by atoms with E-state index in [1.54, 1.807) is 34.9 Å². The zero-order chi connectivity index (χ0) is 12.3. The number of thioether (sulfide) groups is 2. The molecule has 0 amide bonds. The van der Waals surface area contributed by atoms with E-state index in [4.69, 9.17) is 0 Å². The van der Waals surface area contributed by atoms with E-state index in [0.717, 1.165) is 14.4 Å². The van der Waals surface area contributed by atoms with Gasteiger partial charge in [0.1, 0.15) is 0 Å². The van der Waals surface area contributed by atoms with Crippen molar-refractivity contribution in [1.29, 1.82) is 0 Å². The molecule has 96 valence electrons. The van der Waals surface area contributed by atoms with Crippen LogP contribution in [0.2, 0.25) is 0 Å². The lowest BCUT2D eigenvalue weighted by Crippen LogP contribution is -2.51. The number of rotatable bonds is 7. The van der Waals surface area contributed by atoms with E-state index in [-0.39, 0.29) is 12.1 Å². The summed E-state index contributed by atoms with van der Waals surface area (Å²) in [5.41, 5.74) is -0.143. The van der Waals surface area contributed by atoms with Crippen LogP contribution in [0.1, 0.15) is 12.8 Å². The fourth-order valence-corrected chi connectivity index (χ4v) is 4.58. The molecule has 1 aromatic rings. The summed E-state index contributed by atoms with van der Waals surface area (Å²) in [6.07, 6.45) is 4.44. The van der Waals surface area contributed by atoms with E-state index in [1.165, 1.54) is 12.8 Å². The van der Waals surface area contributed by atoms with Gasteiger partial charge in [-0.2, -0.15) is 0 Å². The van der Waals surface area contributed by atoms with Crippen molar-refractivity contribution in [3.63, 3.8) is 0 Å². The number of likely N-dealkylation sites (N-methyl/N-ethyl adjacent to an activating group) is 1. The summed E-state index contributed by atoms with van der Waals surface area (Å²) in [6, 6.07) is 0. The van der Waals surface area contributed by atoms with E-state index in [2.05, 4.69) is 15.5 Å². The van der Waals surface area contributed by atoms with Crippen molar-refractivity contribution >= 4 is 34.9 Å².